The van der Waals surface area contributed by atoms with Crippen molar-refractivity contribution < 1.29 is 0 Å². The second-order valence-corrected chi connectivity index (χ2v) is 7.62. The van der Waals surface area contributed by atoms with Crippen molar-refractivity contribution in [2.45, 2.75) is 0 Å². The average molecular weight is 424 g/mol. The van der Waals surface area contributed by atoms with E-state index in [1.807, 2.05) is 30.3 Å². The molecule has 0 atom stereocenters. The zero-order valence-electron chi connectivity index (χ0n) is 14.6. The van der Waals surface area contributed by atoms with E-state index in [-0.39, 0.29) is 5.69 Å². The first-order chi connectivity index (χ1) is 13.2. The first-order valence-electron chi connectivity index (χ1n) is 8.96. The number of fused-ring (bicyclic) bond motifs is 3. The molecule has 2 aromatic heterocycles. The highest BCUT2D eigenvalue weighted by atomic mass is 79.9. The molecule has 0 radical (unpaired) electrons. The molecule has 2 N–H and O–H groups in total. The Kier molecular flexibility index (Phi) is 3.98. The summed E-state index contributed by atoms with van der Waals surface area (Å²) in [5, 5.41) is 4.30. The fourth-order valence-electron chi connectivity index (χ4n) is 3.74. The monoisotopic (exact) mass is 423 g/mol. The van der Waals surface area contributed by atoms with Crippen LogP contribution in [0.3, 0.4) is 0 Å². The Labute approximate surface area is 164 Å². The van der Waals surface area contributed by atoms with Crippen LogP contribution >= 0.6 is 15.9 Å². The summed E-state index contributed by atoms with van der Waals surface area (Å²) in [5.74, 6) is 0. The van der Waals surface area contributed by atoms with Gasteiger partial charge in [0.25, 0.3) is 0 Å². The van der Waals surface area contributed by atoms with E-state index in [4.69, 9.17) is 0 Å². The molecule has 0 unspecified atom stereocenters. The van der Waals surface area contributed by atoms with E-state index in [2.05, 4.69) is 48.2 Å². The van der Waals surface area contributed by atoms with Crippen LogP contribution in [0.2, 0.25) is 0 Å². The fraction of sp³-hybridized carbons (Fsp3) is 0.200. The van der Waals surface area contributed by atoms with Crippen LogP contribution < -0.4 is 15.9 Å². The van der Waals surface area contributed by atoms with E-state index in [9.17, 15) is 4.79 Å². The second kappa shape index (κ2) is 6.51. The van der Waals surface area contributed by atoms with Crippen molar-refractivity contribution in [1.29, 1.82) is 0 Å². The Morgan fingerprint density at radius 2 is 1.74 bits per heavy atom. The van der Waals surface area contributed by atoms with Gasteiger partial charge in [0.2, 0.25) is 0 Å². The van der Waals surface area contributed by atoms with Gasteiger partial charge in [-0.15, -0.1) is 0 Å². The number of imidazole rings is 1. The molecule has 0 bridgehead atoms. The van der Waals surface area contributed by atoms with Crippen LogP contribution in [0.4, 0.5) is 5.69 Å². The first-order valence-corrected chi connectivity index (χ1v) is 9.75. The lowest BCUT2D eigenvalue weighted by Crippen LogP contribution is -2.43. The van der Waals surface area contributed by atoms with E-state index in [0.717, 1.165) is 58.3 Å². The molecule has 2 aromatic carbocycles. The van der Waals surface area contributed by atoms with Gasteiger partial charge in [0, 0.05) is 41.7 Å². The van der Waals surface area contributed by atoms with Gasteiger partial charge in [-0.05, 0) is 42.5 Å². The molecule has 136 valence electrons. The predicted octanol–water partition coefficient (Wildman–Crippen LogP) is 3.04. The van der Waals surface area contributed by atoms with Crippen molar-refractivity contribution >= 4 is 43.6 Å². The Balaban J connectivity index is 1.67. The molecule has 1 aliphatic heterocycles. The van der Waals surface area contributed by atoms with Crippen LogP contribution in [0.1, 0.15) is 0 Å². The van der Waals surface area contributed by atoms with E-state index in [1.54, 1.807) is 10.8 Å². The van der Waals surface area contributed by atoms with Crippen LogP contribution in [-0.2, 0) is 0 Å². The lowest BCUT2D eigenvalue weighted by molar-refractivity contribution is 0.589. The quantitative estimate of drug-likeness (QED) is 0.519. The maximum absolute atomic E-state index is 12.7. The zero-order valence-corrected chi connectivity index (χ0v) is 16.2. The fourth-order valence-corrected chi connectivity index (χ4v) is 4.10. The molecule has 7 heteroatoms. The summed E-state index contributed by atoms with van der Waals surface area (Å²) in [4.78, 5) is 22.4. The number of rotatable bonds is 2. The summed E-state index contributed by atoms with van der Waals surface area (Å²) in [6.07, 6.45) is 1.72. The van der Waals surface area contributed by atoms with Gasteiger partial charge in [-0.1, -0.05) is 15.9 Å². The molecule has 1 saturated heterocycles. The Hall–Kier alpha value is -2.64. The number of anilines is 1. The van der Waals surface area contributed by atoms with Crippen LogP contribution in [0.25, 0.3) is 27.6 Å². The van der Waals surface area contributed by atoms with Crippen LogP contribution in [-0.4, -0.2) is 40.7 Å². The Morgan fingerprint density at radius 3 is 2.52 bits per heavy atom. The number of nitrogens with zero attached hydrogens (tertiary/aromatic N) is 3. The Bertz CT molecular complexity index is 1190. The molecule has 6 nitrogen and oxygen atoms in total. The van der Waals surface area contributed by atoms with Crippen molar-refractivity contribution in [2.24, 2.45) is 0 Å². The summed E-state index contributed by atoms with van der Waals surface area (Å²) in [7, 11) is 0. The van der Waals surface area contributed by atoms with E-state index in [0.29, 0.717) is 0 Å². The summed E-state index contributed by atoms with van der Waals surface area (Å²) >= 11 is 3.52. The van der Waals surface area contributed by atoms with Gasteiger partial charge in [0.05, 0.1) is 28.4 Å². The van der Waals surface area contributed by atoms with Crippen molar-refractivity contribution in [3.63, 3.8) is 0 Å². The molecule has 4 aromatic rings. The van der Waals surface area contributed by atoms with E-state index < -0.39 is 0 Å². The molecule has 3 heterocycles. The van der Waals surface area contributed by atoms with Gasteiger partial charge >= 0.3 is 5.69 Å². The standard InChI is InChI=1S/C20H18BrN5O/c21-13-1-6-17-16(11-13)19-18(12-23-17)24-20(27)26(19)15-4-2-14(3-5-15)25-9-7-22-8-10-25/h1-6,11-12,22H,7-10H2,(H,24,27). The van der Waals surface area contributed by atoms with Crippen molar-refractivity contribution in [3.05, 3.63) is 63.6 Å². The topological polar surface area (TPSA) is 66.0 Å². The number of hydrogen-bond donors (Lipinski definition) is 2. The average Bonchev–Trinajstić information content (AvgIpc) is 3.05. The third-order valence-corrected chi connectivity index (χ3v) is 5.55. The lowest BCUT2D eigenvalue weighted by atomic mass is 10.2. The highest BCUT2D eigenvalue weighted by Crippen LogP contribution is 2.27. The number of halogens is 1. The van der Waals surface area contributed by atoms with Gasteiger partial charge in [0.15, 0.2) is 0 Å². The first kappa shape index (κ1) is 16.5. The lowest BCUT2D eigenvalue weighted by Gasteiger charge is -2.29. The van der Waals surface area contributed by atoms with Crippen LogP contribution in [0.15, 0.2) is 57.9 Å². The molecular formula is C20H18BrN5O. The third kappa shape index (κ3) is 2.83. The summed E-state index contributed by atoms with van der Waals surface area (Å²) in [5.41, 5.74) is 4.31. The molecule has 5 rings (SSSR count). The highest BCUT2D eigenvalue weighted by molar-refractivity contribution is 9.10. The number of H-pyrrole nitrogens is 1. The SMILES string of the molecule is O=c1[nH]c2cnc3ccc(Br)cc3c2n1-c1ccc(N2CCNCC2)cc1. The van der Waals surface area contributed by atoms with Crippen molar-refractivity contribution in [3.8, 4) is 5.69 Å². The van der Waals surface area contributed by atoms with Crippen molar-refractivity contribution in [1.82, 2.24) is 19.9 Å². The number of aromatic amines is 1. The van der Waals surface area contributed by atoms with E-state index >= 15 is 0 Å². The second-order valence-electron chi connectivity index (χ2n) is 6.70. The van der Waals surface area contributed by atoms with Gasteiger partial charge in [-0.2, -0.15) is 0 Å². The Morgan fingerprint density at radius 1 is 1.00 bits per heavy atom. The zero-order chi connectivity index (χ0) is 18.4. The summed E-state index contributed by atoms with van der Waals surface area (Å²) in [6, 6.07) is 14.1. The minimum Gasteiger partial charge on any atom is -0.369 e. The largest absolute Gasteiger partial charge is 0.369 e. The molecule has 27 heavy (non-hydrogen) atoms. The van der Waals surface area contributed by atoms with Gasteiger partial charge < -0.3 is 15.2 Å². The normalized spacial score (nSPS) is 14.9. The number of piperazine rings is 1. The smallest absolute Gasteiger partial charge is 0.331 e. The highest BCUT2D eigenvalue weighted by Gasteiger charge is 2.15. The molecular weight excluding hydrogens is 406 g/mol. The summed E-state index contributed by atoms with van der Waals surface area (Å²) < 4.78 is 2.69. The maximum atomic E-state index is 12.7. The van der Waals surface area contributed by atoms with Gasteiger partial charge in [0.1, 0.15) is 0 Å². The predicted molar refractivity (Wildman–Crippen MR) is 112 cm³/mol. The summed E-state index contributed by atoms with van der Waals surface area (Å²) in [6.45, 7) is 3.99. The third-order valence-electron chi connectivity index (χ3n) is 5.06. The van der Waals surface area contributed by atoms with Gasteiger partial charge in [-0.3, -0.25) is 9.55 Å². The molecule has 0 saturated carbocycles. The number of hydrogen-bond acceptors (Lipinski definition) is 4. The minimum absolute atomic E-state index is 0.158. The van der Waals surface area contributed by atoms with Crippen LogP contribution in [0, 0.1) is 0 Å². The van der Waals surface area contributed by atoms with Crippen LogP contribution in [0.5, 0.6) is 0 Å². The molecule has 0 spiro atoms. The molecule has 0 amide bonds. The van der Waals surface area contributed by atoms with Crippen molar-refractivity contribution in [2.75, 3.05) is 31.1 Å². The molecule has 1 fully saturated rings. The molecule has 0 aliphatic carbocycles. The van der Waals surface area contributed by atoms with E-state index in [1.165, 1.54) is 5.69 Å². The number of nitrogens with one attached hydrogen (secondary N) is 2. The number of benzene rings is 2. The minimum atomic E-state index is -0.158. The number of pyridine rings is 1. The maximum Gasteiger partial charge on any atom is 0.331 e. The van der Waals surface area contributed by atoms with Gasteiger partial charge in [-0.25, -0.2) is 4.79 Å². The number of aromatic nitrogens is 3. The molecule has 1 aliphatic rings.